The summed E-state index contributed by atoms with van der Waals surface area (Å²) in [5.41, 5.74) is 4.52. The summed E-state index contributed by atoms with van der Waals surface area (Å²) in [7, 11) is 0. The number of hydrogen-bond donors (Lipinski definition) is 4. The molecule has 5 N–H and O–H groups in total. The van der Waals surface area contributed by atoms with Gasteiger partial charge >= 0.3 is 12.1 Å². The summed E-state index contributed by atoms with van der Waals surface area (Å²) in [5, 5.41) is 25.1. The van der Waals surface area contributed by atoms with Gasteiger partial charge in [0.2, 0.25) is 5.95 Å². The van der Waals surface area contributed by atoms with Crippen LogP contribution >= 0.6 is 11.8 Å². The van der Waals surface area contributed by atoms with E-state index >= 15 is 0 Å². The average molecular weight is 452 g/mol. The zero-order valence-corrected chi connectivity index (χ0v) is 17.1. The maximum absolute atomic E-state index is 13.0. The molecule has 1 fully saturated rings. The van der Waals surface area contributed by atoms with Crippen molar-refractivity contribution >= 4 is 35.2 Å². The second-order valence-corrected chi connectivity index (χ2v) is 7.93. The normalized spacial score (nSPS) is 20.0. The molecule has 0 saturated heterocycles. The number of thioether (sulfide) groups is 1. The molecule has 2 aromatic rings. The minimum absolute atomic E-state index is 0.0535. The van der Waals surface area contributed by atoms with Crippen LogP contribution in [0.15, 0.2) is 29.3 Å². The van der Waals surface area contributed by atoms with Gasteiger partial charge in [-0.2, -0.15) is 23.4 Å². The maximum atomic E-state index is 13.0. The fourth-order valence-corrected chi connectivity index (χ4v) is 3.90. The van der Waals surface area contributed by atoms with Crippen molar-refractivity contribution in [3.05, 3.63) is 35.4 Å². The summed E-state index contributed by atoms with van der Waals surface area (Å²) in [6.45, 7) is 0.121. The number of anilines is 3. The first-order valence-electron chi connectivity index (χ1n) is 9.10. The number of rotatable bonds is 8. The van der Waals surface area contributed by atoms with Crippen LogP contribution in [0.3, 0.4) is 0 Å². The van der Waals surface area contributed by atoms with Gasteiger partial charge in [-0.15, -0.1) is 11.8 Å². The van der Waals surface area contributed by atoms with E-state index in [4.69, 9.17) is 5.73 Å². The quantitative estimate of drug-likeness (QED) is 0.351. The molecular weight excluding hydrogens is 433 g/mol. The summed E-state index contributed by atoms with van der Waals surface area (Å²) in [5.74, 6) is -1.20. The van der Waals surface area contributed by atoms with Crippen LogP contribution in [0.25, 0.3) is 0 Å². The third kappa shape index (κ3) is 5.11. The predicted molar refractivity (Wildman–Crippen MR) is 110 cm³/mol. The minimum atomic E-state index is -4.48. The Kier molecular flexibility index (Phi) is 6.17. The molecule has 12 heteroatoms. The molecule has 1 unspecified atom stereocenters. The maximum Gasteiger partial charge on any atom is 0.416 e. The first kappa shape index (κ1) is 22.5. The molecule has 1 saturated carbocycles. The van der Waals surface area contributed by atoms with Crippen molar-refractivity contribution in [1.82, 2.24) is 9.97 Å². The summed E-state index contributed by atoms with van der Waals surface area (Å²) in [4.78, 5) is 19.3. The Morgan fingerprint density at radius 3 is 2.81 bits per heavy atom. The van der Waals surface area contributed by atoms with Gasteiger partial charge in [0.1, 0.15) is 16.7 Å². The number of aliphatic carboxylic acids is 1. The van der Waals surface area contributed by atoms with E-state index in [1.807, 2.05) is 6.07 Å². The molecule has 0 amide bonds. The fourth-order valence-electron chi connectivity index (χ4n) is 3.37. The van der Waals surface area contributed by atoms with Gasteiger partial charge in [-0.1, -0.05) is 6.07 Å². The zero-order chi connectivity index (χ0) is 22.8. The largest absolute Gasteiger partial charge is 0.481 e. The number of nitrogens with one attached hydrogen (secondary N) is 2. The summed E-state index contributed by atoms with van der Waals surface area (Å²) >= 11 is 1.21. The van der Waals surface area contributed by atoms with Gasteiger partial charge in [-0.3, -0.25) is 4.79 Å². The van der Waals surface area contributed by atoms with Crippen molar-refractivity contribution < 1.29 is 23.1 Å². The molecule has 0 aliphatic heterocycles. The molecule has 164 valence electrons. The lowest BCUT2D eigenvalue weighted by atomic mass is 10.1. The molecule has 1 aromatic heterocycles. The molecular formula is C19H19F3N6O2S. The molecule has 1 heterocycles. The van der Waals surface area contributed by atoms with Gasteiger partial charge in [0.25, 0.3) is 0 Å². The summed E-state index contributed by atoms with van der Waals surface area (Å²) in [6.07, 6.45) is -2.47. The molecule has 1 aromatic carbocycles. The van der Waals surface area contributed by atoms with E-state index in [-0.39, 0.29) is 41.9 Å². The number of benzene rings is 1. The highest BCUT2D eigenvalue weighted by molar-refractivity contribution is 7.98. The van der Waals surface area contributed by atoms with Crippen LogP contribution in [0.4, 0.5) is 30.6 Å². The highest BCUT2D eigenvalue weighted by Crippen LogP contribution is 2.49. The number of carboxylic acids is 1. The molecule has 1 aliphatic rings. The Morgan fingerprint density at radius 2 is 2.19 bits per heavy atom. The Hall–Kier alpha value is -3.20. The third-order valence-electron chi connectivity index (χ3n) is 5.02. The van der Waals surface area contributed by atoms with Crippen LogP contribution in [0.5, 0.6) is 0 Å². The number of carboxylic acid groups (broad SMARTS) is 1. The van der Waals surface area contributed by atoms with E-state index in [1.54, 1.807) is 6.26 Å². The molecule has 2 atom stereocenters. The van der Waals surface area contributed by atoms with Gasteiger partial charge in [0.15, 0.2) is 5.82 Å². The summed E-state index contributed by atoms with van der Waals surface area (Å²) < 4.78 is 38.9. The van der Waals surface area contributed by atoms with Crippen LogP contribution in [0.2, 0.25) is 0 Å². The van der Waals surface area contributed by atoms with Crippen LogP contribution in [-0.2, 0) is 11.0 Å². The molecule has 1 aliphatic carbocycles. The van der Waals surface area contributed by atoms with Gasteiger partial charge in [-0.05, 0) is 36.8 Å². The number of alkyl halides is 3. The van der Waals surface area contributed by atoms with Crippen molar-refractivity contribution in [1.29, 1.82) is 5.26 Å². The monoisotopic (exact) mass is 452 g/mol. The van der Waals surface area contributed by atoms with E-state index in [0.29, 0.717) is 11.4 Å². The number of carbonyl (C=O) groups is 1. The van der Waals surface area contributed by atoms with Crippen molar-refractivity contribution in [3.8, 4) is 6.07 Å². The molecule has 31 heavy (non-hydrogen) atoms. The molecule has 0 spiro atoms. The number of halogens is 3. The molecule has 8 nitrogen and oxygen atoms in total. The van der Waals surface area contributed by atoms with Crippen LogP contribution in [0, 0.1) is 17.2 Å². The topological polar surface area (TPSA) is 137 Å². The predicted octanol–water partition coefficient (Wildman–Crippen LogP) is 3.43. The van der Waals surface area contributed by atoms with Gasteiger partial charge in [0, 0.05) is 12.2 Å². The highest BCUT2D eigenvalue weighted by atomic mass is 32.2. The first-order chi connectivity index (χ1) is 14.6. The number of aromatic nitrogens is 2. The SMILES string of the molecule is CSc1nc(N)nc(NC2(CNc3cccc(C(F)(F)F)c3)C[C@H]2CC(=O)O)c1C#N. The lowest BCUT2D eigenvalue weighted by molar-refractivity contribution is -0.138. The third-order valence-corrected chi connectivity index (χ3v) is 5.70. The smallest absolute Gasteiger partial charge is 0.416 e. The zero-order valence-electron chi connectivity index (χ0n) is 16.3. The molecule has 3 rings (SSSR count). The van der Waals surface area contributed by atoms with Crippen molar-refractivity contribution in [2.45, 2.75) is 29.6 Å². The lowest BCUT2D eigenvalue weighted by Crippen LogP contribution is -2.34. The van der Waals surface area contributed by atoms with E-state index in [9.17, 15) is 28.3 Å². The van der Waals surface area contributed by atoms with E-state index in [1.165, 1.54) is 23.9 Å². The number of hydrogen-bond acceptors (Lipinski definition) is 8. The first-order valence-corrected chi connectivity index (χ1v) is 10.3. The van der Waals surface area contributed by atoms with Crippen LogP contribution < -0.4 is 16.4 Å². The number of nitrogens with two attached hydrogens (primary N) is 1. The fraction of sp³-hybridized carbons (Fsp3) is 0.368. The van der Waals surface area contributed by atoms with E-state index in [0.717, 1.165) is 12.1 Å². The van der Waals surface area contributed by atoms with Crippen LogP contribution in [-0.4, -0.2) is 39.4 Å². The van der Waals surface area contributed by atoms with E-state index in [2.05, 4.69) is 20.6 Å². The van der Waals surface area contributed by atoms with E-state index < -0.39 is 23.2 Å². The van der Waals surface area contributed by atoms with Crippen molar-refractivity contribution in [3.63, 3.8) is 0 Å². The van der Waals surface area contributed by atoms with Crippen LogP contribution in [0.1, 0.15) is 24.0 Å². The highest BCUT2D eigenvalue weighted by Gasteiger charge is 2.55. The number of nitrogen functional groups attached to an aromatic ring is 1. The van der Waals surface area contributed by atoms with Crippen molar-refractivity contribution in [2.75, 3.05) is 29.2 Å². The standard InChI is InChI=1S/C19H19F3N6O2S/c1-31-16-13(8-23)15(26-17(24)27-16)28-18(7-11(18)6-14(29)30)9-25-12-4-2-3-10(5-12)19(20,21)22/h2-5,11,25H,6-7,9H2,1H3,(H,29,30)(H3,24,26,27,28)/t11-,18?/m1/s1. The Bertz CT molecular complexity index is 1040. The molecule has 0 bridgehead atoms. The number of nitrogens with zero attached hydrogens (tertiary/aromatic N) is 3. The Balaban J connectivity index is 1.87. The second-order valence-electron chi connectivity index (χ2n) is 7.14. The second kappa shape index (κ2) is 8.50. The van der Waals surface area contributed by atoms with Crippen molar-refractivity contribution in [2.24, 2.45) is 5.92 Å². The Labute approximate surface area is 180 Å². The Morgan fingerprint density at radius 1 is 1.45 bits per heavy atom. The number of nitriles is 1. The minimum Gasteiger partial charge on any atom is -0.481 e. The summed E-state index contributed by atoms with van der Waals surface area (Å²) in [6, 6.07) is 6.75. The van der Waals surface area contributed by atoms with Gasteiger partial charge < -0.3 is 21.5 Å². The molecule has 0 radical (unpaired) electrons. The average Bonchev–Trinajstić information content (AvgIpc) is 3.36. The van der Waals surface area contributed by atoms with Gasteiger partial charge in [-0.25, -0.2) is 4.98 Å². The lowest BCUT2D eigenvalue weighted by Gasteiger charge is -2.23. The van der Waals surface area contributed by atoms with Gasteiger partial charge in [0.05, 0.1) is 17.5 Å².